The Balaban J connectivity index is 1.40. The van der Waals surface area contributed by atoms with E-state index in [9.17, 15) is 19.1 Å². The standard InChI is InChI=1S/C26H23FN2O3/c27-21-9-5-4-8-20(21)26(32)28-14-22-25(23(16-30)29(22)24(31)15-28)19-12-10-18(11-13-19)17-6-2-1-3-7-17/h1-13,22-23,25,30H,14-16H2/t22-,23+,25-/m0/s1. The Bertz CT molecular complexity index is 1150. The topological polar surface area (TPSA) is 60.9 Å². The molecule has 2 aliphatic heterocycles. The fraction of sp³-hybridized carbons (Fsp3) is 0.231. The molecule has 2 fully saturated rings. The molecule has 1 N–H and O–H groups in total. The van der Waals surface area contributed by atoms with Crippen LogP contribution in [-0.2, 0) is 4.79 Å². The molecule has 0 saturated carbocycles. The molecule has 5 rings (SSSR count). The van der Waals surface area contributed by atoms with E-state index in [1.807, 2.05) is 54.6 Å². The van der Waals surface area contributed by atoms with Gasteiger partial charge in [0.15, 0.2) is 0 Å². The molecule has 0 bridgehead atoms. The molecule has 2 heterocycles. The summed E-state index contributed by atoms with van der Waals surface area (Å²) < 4.78 is 14.1. The maximum absolute atomic E-state index is 14.1. The predicted octanol–water partition coefficient (Wildman–Crippen LogP) is 3.30. The maximum Gasteiger partial charge on any atom is 0.257 e. The van der Waals surface area contributed by atoms with Crippen molar-refractivity contribution >= 4 is 11.8 Å². The number of benzene rings is 3. The van der Waals surface area contributed by atoms with E-state index in [1.54, 1.807) is 11.0 Å². The first-order chi connectivity index (χ1) is 15.6. The lowest BCUT2D eigenvalue weighted by Gasteiger charge is -2.58. The Morgan fingerprint density at radius 1 is 0.938 bits per heavy atom. The van der Waals surface area contributed by atoms with Gasteiger partial charge in [0.2, 0.25) is 5.91 Å². The molecule has 0 unspecified atom stereocenters. The third-order valence-electron chi connectivity index (χ3n) is 6.55. The van der Waals surface area contributed by atoms with E-state index >= 15 is 0 Å². The zero-order chi connectivity index (χ0) is 22.2. The number of aliphatic hydroxyl groups excluding tert-OH is 1. The molecule has 2 saturated heterocycles. The number of halogens is 1. The van der Waals surface area contributed by atoms with Crippen molar-refractivity contribution in [1.29, 1.82) is 0 Å². The Morgan fingerprint density at radius 2 is 1.59 bits per heavy atom. The highest BCUT2D eigenvalue weighted by molar-refractivity contribution is 5.97. The highest BCUT2D eigenvalue weighted by Crippen LogP contribution is 2.43. The fourth-order valence-electron chi connectivity index (χ4n) is 4.99. The molecule has 3 aromatic carbocycles. The van der Waals surface area contributed by atoms with E-state index in [1.165, 1.54) is 23.1 Å². The van der Waals surface area contributed by atoms with Crippen LogP contribution in [0.5, 0.6) is 0 Å². The quantitative estimate of drug-likeness (QED) is 0.691. The summed E-state index contributed by atoms with van der Waals surface area (Å²) in [6.45, 7) is 0.0505. The molecule has 3 aromatic rings. The van der Waals surface area contributed by atoms with E-state index in [4.69, 9.17) is 0 Å². The van der Waals surface area contributed by atoms with Gasteiger partial charge < -0.3 is 14.9 Å². The van der Waals surface area contributed by atoms with Gasteiger partial charge >= 0.3 is 0 Å². The number of hydrogen-bond donors (Lipinski definition) is 1. The van der Waals surface area contributed by atoms with Crippen LogP contribution >= 0.6 is 0 Å². The highest BCUT2D eigenvalue weighted by atomic mass is 19.1. The number of aliphatic hydroxyl groups is 1. The fourth-order valence-corrected chi connectivity index (χ4v) is 4.99. The van der Waals surface area contributed by atoms with Crippen LogP contribution in [0.3, 0.4) is 0 Å². The summed E-state index contributed by atoms with van der Waals surface area (Å²) in [5, 5.41) is 9.97. The third-order valence-corrected chi connectivity index (χ3v) is 6.55. The summed E-state index contributed by atoms with van der Waals surface area (Å²) in [4.78, 5) is 28.8. The first-order valence-corrected chi connectivity index (χ1v) is 10.7. The van der Waals surface area contributed by atoms with Gasteiger partial charge in [0, 0.05) is 12.5 Å². The zero-order valence-electron chi connectivity index (χ0n) is 17.4. The molecule has 162 valence electrons. The predicted molar refractivity (Wildman–Crippen MR) is 118 cm³/mol. The highest BCUT2D eigenvalue weighted by Gasteiger charge is 2.54. The van der Waals surface area contributed by atoms with Crippen LogP contribution in [0.4, 0.5) is 4.39 Å². The summed E-state index contributed by atoms with van der Waals surface area (Å²) in [6, 6.07) is 23.4. The lowest BCUT2D eigenvalue weighted by Crippen LogP contribution is -2.73. The molecular formula is C26H23FN2O3. The molecule has 2 aliphatic rings. The molecule has 0 aliphatic carbocycles. The Kier molecular flexibility index (Phi) is 5.23. The molecule has 5 nitrogen and oxygen atoms in total. The average Bonchev–Trinajstić information content (AvgIpc) is 2.81. The van der Waals surface area contributed by atoms with Crippen molar-refractivity contribution in [2.75, 3.05) is 19.7 Å². The van der Waals surface area contributed by atoms with Gasteiger partial charge in [-0.2, -0.15) is 0 Å². The van der Waals surface area contributed by atoms with Crippen molar-refractivity contribution in [2.45, 2.75) is 18.0 Å². The van der Waals surface area contributed by atoms with Gasteiger partial charge in [0.05, 0.1) is 24.3 Å². The molecule has 0 aromatic heterocycles. The maximum atomic E-state index is 14.1. The minimum Gasteiger partial charge on any atom is -0.394 e. The van der Waals surface area contributed by atoms with E-state index in [0.717, 1.165) is 16.7 Å². The van der Waals surface area contributed by atoms with Crippen molar-refractivity contribution in [2.24, 2.45) is 0 Å². The molecule has 32 heavy (non-hydrogen) atoms. The van der Waals surface area contributed by atoms with Gasteiger partial charge in [0.1, 0.15) is 12.4 Å². The minimum absolute atomic E-state index is 0.0319. The Hall–Kier alpha value is -3.51. The van der Waals surface area contributed by atoms with Crippen LogP contribution in [-0.4, -0.2) is 58.5 Å². The second kappa shape index (κ2) is 8.20. The van der Waals surface area contributed by atoms with Crippen molar-refractivity contribution in [3.8, 4) is 11.1 Å². The van der Waals surface area contributed by atoms with E-state index in [2.05, 4.69) is 0 Å². The average molecular weight is 430 g/mol. The van der Waals surface area contributed by atoms with E-state index in [-0.39, 0.29) is 42.6 Å². The SMILES string of the molecule is O=C(c1ccccc1F)N1CC(=O)N2[C@H](CO)[C@@H](c3ccc(-c4ccccc4)cc3)[C@@H]2C1. The number of nitrogens with zero attached hydrogens (tertiary/aromatic N) is 2. The largest absolute Gasteiger partial charge is 0.394 e. The van der Waals surface area contributed by atoms with Gasteiger partial charge in [-0.25, -0.2) is 4.39 Å². The Labute approximate surface area is 185 Å². The van der Waals surface area contributed by atoms with Crippen LogP contribution in [0.1, 0.15) is 21.8 Å². The third kappa shape index (κ3) is 3.37. The molecule has 3 atom stereocenters. The van der Waals surface area contributed by atoms with Crippen molar-refractivity contribution in [3.05, 3.63) is 95.8 Å². The van der Waals surface area contributed by atoms with Crippen molar-refractivity contribution < 1.29 is 19.1 Å². The second-order valence-corrected chi connectivity index (χ2v) is 8.30. The monoisotopic (exact) mass is 430 g/mol. The summed E-state index contributed by atoms with van der Waals surface area (Å²) >= 11 is 0. The number of fused-ring (bicyclic) bond motifs is 1. The van der Waals surface area contributed by atoms with Crippen molar-refractivity contribution in [1.82, 2.24) is 9.80 Å². The molecule has 2 amide bonds. The number of carbonyl (C=O) groups excluding carboxylic acids is 2. The number of rotatable bonds is 4. The number of amides is 2. The van der Waals surface area contributed by atoms with E-state index < -0.39 is 11.7 Å². The van der Waals surface area contributed by atoms with Gasteiger partial charge in [-0.3, -0.25) is 9.59 Å². The molecule has 6 heteroatoms. The normalized spacial score (nSPS) is 22.3. The van der Waals surface area contributed by atoms with Crippen molar-refractivity contribution in [3.63, 3.8) is 0 Å². The van der Waals surface area contributed by atoms with Gasteiger partial charge in [0.25, 0.3) is 5.91 Å². The number of hydrogen-bond acceptors (Lipinski definition) is 3. The summed E-state index contributed by atoms with van der Waals surface area (Å²) in [7, 11) is 0. The lowest BCUT2D eigenvalue weighted by molar-refractivity contribution is -0.159. The number of piperazine rings is 1. The minimum atomic E-state index is -0.595. The summed E-state index contributed by atoms with van der Waals surface area (Å²) in [6.07, 6.45) is 0. The van der Waals surface area contributed by atoms with Crippen LogP contribution in [0.15, 0.2) is 78.9 Å². The zero-order valence-corrected chi connectivity index (χ0v) is 17.4. The first-order valence-electron chi connectivity index (χ1n) is 10.7. The second-order valence-electron chi connectivity index (χ2n) is 8.30. The van der Waals surface area contributed by atoms with Crippen LogP contribution in [0, 0.1) is 5.82 Å². The molecule has 0 radical (unpaired) electrons. The van der Waals surface area contributed by atoms with Gasteiger partial charge in [-0.1, -0.05) is 66.7 Å². The van der Waals surface area contributed by atoms with Gasteiger partial charge in [-0.05, 0) is 28.8 Å². The van der Waals surface area contributed by atoms with Gasteiger partial charge in [-0.15, -0.1) is 0 Å². The van der Waals surface area contributed by atoms with Crippen LogP contribution in [0.25, 0.3) is 11.1 Å². The summed E-state index contributed by atoms with van der Waals surface area (Å²) in [5.74, 6) is -1.39. The van der Waals surface area contributed by atoms with Crippen LogP contribution < -0.4 is 0 Å². The Morgan fingerprint density at radius 3 is 2.28 bits per heavy atom. The van der Waals surface area contributed by atoms with E-state index in [0.29, 0.717) is 6.54 Å². The van der Waals surface area contributed by atoms with Crippen LogP contribution in [0.2, 0.25) is 0 Å². The first kappa shape index (κ1) is 20.4. The number of carbonyl (C=O) groups is 2. The lowest BCUT2D eigenvalue weighted by atomic mass is 9.73. The molecular weight excluding hydrogens is 407 g/mol. The smallest absolute Gasteiger partial charge is 0.257 e. The molecule has 0 spiro atoms. The summed E-state index contributed by atoms with van der Waals surface area (Å²) in [5.41, 5.74) is 3.18.